The van der Waals surface area contributed by atoms with Gasteiger partial charge in [0.25, 0.3) is 0 Å². The van der Waals surface area contributed by atoms with Gasteiger partial charge in [0, 0.05) is 13.0 Å². The van der Waals surface area contributed by atoms with Crippen LogP contribution in [0.1, 0.15) is 31.4 Å². The van der Waals surface area contributed by atoms with Crippen molar-refractivity contribution in [3.63, 3.8) is 0 Å². The predicted octanol–water partition coefficient (Wildman–Crippen LogP) is 3.20. The summed E-state index contributed by atoms with van der Waals surface area (Å²) in [4.78, 5) is 18.4. The molecule has 2 aromatic rings. The zero-order valence-corrected chi connectivity index (χ0v) is 19.7. The molecular weight excluding hydrogens is 438 g/mol. The van der Waals surface area contributed by atoms with Crippen molar-refractivity contribution in [2.24, 2.45) is 0 Å². The van der Waals surface area contributed by atoms with Crippen molar-refractivity contribution in [2.45, 2.75) is 76.0 Å². The fourth-order valence-electron chi connectivity index (χ4n) is 4.88. The Balaban J connectivity index is 1.39. The number of rotatable bonds is 7. The minimum Gasteiger partial charge on any atom is -0.467 e. The van der Waals surface area contributed by atoms with Crippen LogP contribution in [0.2, 0.25) is 0 Å². The lowest BCUT2D eigenvalue weighted by molar-refractivity contribution is -0.242. The molecule has 5 rings (SSSR count). The molecule has 3 fully saturated rings. The maximum atomic E-state index is 12.4. The van der Waals surface area contributed by atoms with E-state index in [9.17, 15) is 4.79 Å². The van der Waals surface area contributed by atoms with Gasteiger partial charge in [-0.05, 0) is 25.0 Å². The maximum absolute atomic E-state index is 12.4. The van der Waals surface area contributed by atoms with E-state index in [0.717, 1.165) is 11.1 Å². The zero-order chi connectivity index (χ0) is 23.7. The Hall–Kier alpha value is -2.33. The summed E-state index contributed by atoms with van der Waals surface area (Å²) in [6.07, 6.45) is -2.08. The first-order valence-electron chi connectivity index (χ1n) is 11.7. The fourth-order valence-corrected chi connectivity index (χ4v) is 4.88. The van der Waals surface area contributed by atoms with Gasteiger partial charge in [0.2, 0.25) is 0 Å². The number of ether oxygens (including phenoxy) is 5. The van der Waals surface area contributed by atoms with E-state index < -0.39 is 36.4 Å². The maximum Gasteiger partial charge on any atom is 0.337 e. The molecule has 0 saturated carbocycles. The first kappa shape index (κ1) is 23.4. The van der Waals surface area contributed by atoms with Crippen LogP contribution in [0.3, 0.4) is 0 Å². The van der Waals surface area contributed by atoms with Crippen LogP contribution in [0.25, 0.3) is 0 Å². The lowest BCUT2D eigenvalue weighted by Crippen LogP contribution is -2.47. The summed E-state index contributed by atoms with van der Waals surface area (Å²) in [5.74, 6) is -1.17. The van der Waals surface area contributed by atoms with E-state index in [4.69, 9.17) is 28.5 Å². The monoisotopic (exact) mass is 469 g/mol. The molecule has 3 heterocycles. The highest BCUT2D eigenvalue weighted by molar-refractivity contribution is 5.74. The van der Waals surface area contributed by atoms with Crippen molar-refractivity contribution in [1.29, 1.82) is 0 Å². The lowest BCUT2D eigenvalue weighted by atomic mass is 9.98. The Morgan fingerprint density at radius 2 is 1.68 bits per heavy atom. The second-order valence-corrected chi connectivity index (χ2v) is 9.31. The average molecular weight is 470 g/mol. The topological polar surface area (TPSA) is 75.7 Å². The number of benzene rings is 2. The summed E-state index contributed by atoms with van der Waals surface area (Å²) in [5.41, 5.74) is 2.12. The van der Waals surface area contributed by atoms with Gasteiger partial charge in [-0.3, -0.25) is 4.84 Å². The molecule has 0 aromatic heterocycles. The second-order valence-electron chi connectivity index (χ2n) is 9.31. The number of esters is 1. The number of hydrogen-bond donors (Lipinski definition) is 0. The van der Waals surface area contributed by atoms with Crippen molar-refractivity contribution < 1.29 is 33.3 Å². The highest BCUT2D eigenvalue weighted by Crippen LogP contribution is 2.43. The summed E-state index contributed by atoms with van der Waals surface area (Å²) >= 11 is 0. The number of nitrogens with zero attached hydrogens (tertiary/aromatic N) is 1. The number of hydroxylamine groups is 2. The number of carbonyl (C=O) groups excluding carboxylic acids is 1. The van der Waals surface area contributed by atoms with Gasteiger partial charge in [0.1, 0.15) is 18.3 Å². The van der Waals surface area contributed by atoms with Gasteiger partial charge in [-0.15, -0.1) is 0 Å². The van der Waals surface area contributed by atoms with Crippen LogP contribution in [-0.4, -0.2) is 60.7 Å². The quantitative estimate of drug-likeness (QED) is 0.573. The van der Waals surface area contributed by atoms with E-state index in [2.05, 4.69) is 0 Å². The number of methoxy groups -OCH3 is 1. The summed E-state index contributed by atoms with van der Waals surface area (Å²) in [7, 11) is 1.37. The molecule has 0 aliphatic carbocycles. The molecule has 0 radical (unpaired) electrons. The van der Waals surface area contributed by atoms with Gasteiger partial charge in [-0.1, -0.05) is 60.7 Å². The Morgan fingerprint density at radius 1 is 1.00 bits per heavy atom. The van der Waals surface area contributed by atoms with Gasteiger partial charge in [-0.2, -0.15) is 5.06 Å². The number of hydrogen-bond acceptors (Lipinski definition) is 8. The third kappa shape index (κ3) is 4.88. The van der Waals surface area contributed by atoms with Gasteiger partial charge in [0.05, 0.1) is 19.8 Å². The van der Waals surface area contributed by atoms with Crippen molar-refractivity contribution >= 4 is 5.97 Å². The van der Waals surface area contributed by atoms with Crippen molar-refractivity contribution in [3.8, 4) is 0 Å². The summed E-state index contributed by atoms with van der Waals surface area (Å²) in [6, 6.07) is 19.7. The molecule has 8 heteroatoms. The zero-order valence-electron chi connectivity index (χ0n) is 19.7. The average Bonchev–Trinajstić information content (AvgIpc) is 3.48. The smallest absolute Gasteiger partial charge is 0.337 e. The first-order valence-corrected chi connectivity index (χ1v) is 11.7. The molecule has 8 nitrogen and oxygen atoms in total. The molecule has 0 amide bonds. The molecule has 182 valence electrons. The minimum absolute atomic E-state index is 0.258. The van der Waals surface area contributed by atoms with E-state index in [1.807, 2.05) is 79.6 Å². The molecule has 0 unspecified atom stereocenters. The first-order chi connectivity index (χ1) is 16.4. The standard InChI is InChI=1S/C26H31NO7/c1-26(2)32-23-22(30-16-18-12-8-5-9-13-18)21(31-25(23)33-26)19-14-20(24(28)29-3)34-27(19)15-17-10-6-4-7-11-17/h4-13,19-23,25H,14-16H2,1-3H3/t19-,20+,21-,22+,23-,25-/m1/s1. The van der Waals surface area contributed by atoms with Gasteiger partial charge < -0.3 is 23.7 Å². The highest BCUT2D eigenvalue weighted by Gasteiger charge is 2.59. The molecule has 0 bridgehead atoms. The molecule has 0 spiro atoms. The molecule has 34 heavy (non-hydrogen) atoms. The lowest BCUT2D eigenvalue weighted by Gasteiger charge is -2.32. The van der Waals surface area contributed by atoms with E-state index in [0.29, 0.717) is 19.6 Å². The minimum atomic E-state index is -0.765. The Labute approximate surface area is 199 Å². The van der Waals surface area contributed by atoms with Gasteiger partial charge in [-0.25, -0.2) is 4.79 Å². The van der Waals surface area contributed by atoms with Crippen LogP contribution in [0, 0.1) is 0 Å². The molecule has 2 aromatic carbocycles. The summed E-state index contributed by atoms with van der Waals surface area (Å²) in [5, 5.41) is 1.81. The van der Waals surface area contributed by atoms with E-state index >= 15 is 0 Å². The normalized spacial score (nSPS) is 32.6. The second kappa shape index (κ2) is 9.73. The van der Waals surface area contributed by atoms with Crippen LogP contribution < -0.4 is 0 Å². The molecule has 6 atom stereocenters. The van der Waals surface area contributed by atoms with E-state index in [1.54, 1.807) is 0 Å². The number of carbonyl (C=O) groups is 1. The SMILES string of the molecule is COC(=O)[C@@H]1C[C@H]([C@H]2O[C@@H]3OC(C)(C)O[C@@H]3[C@H]2OCc2ccccc2)N(Cc2ccccc2)O1. The van der Waals surface area contributed by atoms with Gasteiger partial charge >= 0.3 is 5.97 Å². The summed E-state index contributed by atoms with van der Waals surface area (Å²) < 4.78 is 30.0. The third-order valence-electron chi connectivity index (χ3n) is 6.42. The third-order valence-corrected chi connectivity index (χ3v) is 6.42. The Bertz CT molecular complexity index is 970. The molecule has 3 aliphatic rings. The fraction of sp³-hybridized carbons (Fsp3) is 0.500. The molecule has 3 saturated heterocycles. The highest BCUT2D eigenvalue weighted by atomic mass is 16.8. The van der Waals surface area contributed by atoms with E-state index in [1.165, 1.54) is 7.11 Å². The number of fused-ring (bicyclic) bond motifs is 1. The van der Waals surface area contributed by atoms with Crippen LogP contribution in [0.4, 0.5) is 0 Å². The largest absolute Gasteiger partial charge is 0.467 e. The van der Waals surface area contributed by atoms with Crippen molar-refractivity contribution in [3.05, 3.63) is 71.8 Å². The van der Waals surface area contributed by atoms with Crippen LogP contribution in [0.15, 0.2) is 60.7 Å². The van der Waals surface area contributed by atoms with Crippen molar-refractivity contribution in [1.82, 2.24) is 5.06 Å². The Kier molecular flexibility index (Phi) is 6.70. The van der Waals surface area contributed by atoms with Crippen LogP contribution >= 0.6 is 0 Å². The predicted molar refractivity (Wildman–Crippen MR) is 121 cm³/mol. The van der Waals surface area contributed by atoms with Crippen LogP contribution in [-0.2, 0) is 46.5 Å². The molecule has 3 aliphatic heterocycles. The summed E-state index contributed by atoms with van der Waals surface area (Å²) in [6.45, 7) is 4.63. The Morgan fingerprint density at radius 3 is 2.35 bits per heavy atom. The molecular formula is C26H31NO7. The molecule has 0 N–H and O–H groups in total. The van der Waals surface area contributed by atoms with E-state index in [-0.39, 0.29) is 12.1 Å². The van der Waals surface area contributed by atoms with Crippen molar-refractivity contribution in [2.75, 3.05) is 7.11 Å². The van der Waals surface area contributed by atoms with Gasteiger partial charge in [0.15, 0.2) is 18.2 Å². The van der Waals surface area contributed by atoms with Crippen LogP contribution in [0.5, 0.6) is 0 Å².